The van der Waals surface area contributed by atoms with Crippen LogP contribution in [0.1, 0.15) is 31.9 Å². The fourth-order valence-electron chi connectivity index (χ4n) is 3.13. The van der Waals surface area contributed by atoms with Crippen molar-refractivity contribution < 1.29 is 0 Å². The lowest BCUT2D eigenvalue weighted by atomic mass is 9.99. The molecule has 0 amide bonds. The third-order valence-electron chi connectivity index (χ3n) is 4.40. The second kappa shape index (κ2) is 7.77. The normalized spacial score (nSPS) is 21.4. The molecule has 0 spiro atoms. The summed E-state index contributed by atoms with van der Waals surface area (Å²) in [4.78, 5) is 5.08. The van der Waals surface area contributed by atoms with Gasteiger partial charge in [0.15, 0.2) is 0 Å². The highest BCUT2D eigenvalue weighted by molar-refractivity contribution is 5.20. The van der Waals surface area contributed by atoms with E-state index in [1.807, 2.05) is 0 Å². The third kappa shape index (κ3) is 4.05. The van der Waals surface area contributed by atoms with Crippen molar-refractivity contribution in [3.8, 4) is 0 Å². The Morgan fingerprint density at radius 1 is 1.10 bits per heavy atom. The largest absolute Gasteiger partial charge is 0.309 e. The van der Waals surface area contributed by atoms with Gasteiger partial charge in [-0.2, -0.15) is 0 Å². The lowest BCUT2D eigenvalue weighted by Crippen LogP contribution is -2.44. The summed E-state index contributed by atoms with van der Waals surface area (Å²) in [5, 5.41) is 3.67. The van der Waals surface area contributed by atoms with E-state index in [4.69, 9.17) is 0 Å². The molecule has 2 unspecified atom stereocenters. The fourth-order valence-corrected chi connectivity index (χ4v) is 3.13. The molecule has 1 aliphatic heterocycles. The summed E-state index contributed by atoms with van der Waals surface area (Å²) in [5.74, 6) is 0. The molecule has 1 saturated heterocycles. The number of hydrogen-bond donors (Lipinski definition) is 1. The summed E-state index contributed by atoms with van der Waals surface area (Å²) < 4.78 is 0. The molecule has 0 radical (unpaired) electrons. The first-order valence-corrected chi connectivity index (χ1v) is 7.93. The quantitative estimate of drug-likeness (QED) is 0.890. The second-order valence-electron chi connectivity index (χ2n) is 5.88. The minimum atomic E-state index is 0.421. The average Bonchev–Trinajstić information content (AvgIpc) is 2.70. The Balaban J connectivity index is 2.08. The molecule has 112 valence electrons. The van der Waals surface area contributed by atoms with Gasteiger partial charge < -0.3 is 10.2 Å². The Labute approximate surface area is 124 Å². The Morgan fingerprint density at radius 3 is 2.55 bits per heavy atom. The van der Waals surface area contributed by atoms with Gasteiger partial charge in [0, 0.05) is 25.2 Å². The second-order valence-corrected chi connectivity index (χ2v) is 5.88. The molecule has 2 atom stereocenters. The van der Waals surface area contributed by atoms with Gasteiger partial charge in [-0.1, -0.05) is 37.3 Å². The number of nitrogens with zero attached hydrogens (tertiary/aromatic N) is 2. The van der Waals surface area contributed by atoms with E-state index in [1.165, 1.54) is 38.2 Å². The first-order chi connectivity index (χ1) is 9.72. The molecule has 1 aliphatic rings. The molecule has 20 heavy (non-hydrogen) atoms. The van der Waals surface area contributed by atoms with Gasteiger partial charge >= 0.3 is 0 Å². The molecule has 1 fully saturated rings. The molecule has 0 saturated carbocycles. The highest BCUT2D eigenvalue weighted by Gasteiger charge is 2.25. The average molecular weight is 275 g/mol. The molecule has 0 aliphatic carbocycles. The minimum Gasteiger partial charge on any atom is -0.309 e. The maximum Gasteiger partial charge on any atom is 0.0475 e. The van der Waals surface area contributed by atoms with E-state index in [0.29, 0.717) is 12.1 Å². The van der Waals surface area contributed by atoms with Crippen LogP contribution in [0.25, 0.3) is 0 Å². The van der Waals surface area contributed by atoms with Gasteiger partial charge in [-0.3, -0.25) is 4.90 Å². The van der Waals surface area contributed by atoms with Crippen LogP contribution in [0.4, 0.5) is 0 Å². The minimum absolute atomic E-state index is 0.421. The Hall–Kier alpha value is -0.900. The van der Waals surface area contributed by atoms with Gasteiger partial charge in [0.2, 0.25) is 0 Å². The van der Waals surface area contributed by atoms with E-state index in [2.05, 4.69) is 66.3 Å². The van der Waals surface area contributed by atoms with Gasteiger partial charge in [0.1, 0.15) is 0 Å². The molecule has 1 aromatic rings. The van der Waals surface area contributed by atoms with Gasteiger partial charge in [-0.15, -0.1) is 0 Å². The van der Waals surface area contributed by atoms with Crippen LogP contribution in [-0.2, 0) is 0 Å². The monoisotopic (exact) mass is 275 g/mol. The maximum atomic E-state index is 3.67. The van der Waals surface area contributed by atoms with E-state index in [-0.39, 0.29) is 0 Å². The van der Waals surface area contributed by atoms with E-state index < -0.39 is 0 Å². The van der Waals surface area contributed by atoms with Crippen molar-refractivity contribution in [1.29, 1.82) is 0 Å². The van der Waals surface area contributed by atoms with Gasteiger partial charge in [0.25, 0.3) is 0 Å². The van der Waals surface area contributed by atoms with Crippen molar-refractivity contribution in [1.82, 2.24) is 15.1 Å². The summed E-state index contributed by atoms with van der Waals surface area (Å²) in [6, 6.07) is 11.8. The molecule has 1 aromatic carbocycles. The molecule has 0 bridgehead atoms. The molecule has 1 heterocycles. The van der Waals surface area contributed by atoms with E-state index >= 15 is 0 Å². The van der Waals surface area contributed by atoms with Crippen molar-refractivity contribution in [2.24, 2.45) is 0 Å². The van der Waals surface area contributed by atoms with Gasteiger partial charge in [0.05, 0.1) is 0 Å². The van der Waals surface area contributed by atoms with Crippen LogP contribution < -0.4 is 5.32 Å². The van der Waals surface area contributed by atoms with Crippen molar-refractivity contribution in [3.63, 3.8) is 0 Å². The van der Waals surface area contributed by atoms with Crippen LogP contribution in [0.5, 0.6) is 0 Å². The predicted molar refractivity (Wildman–Crippen MR) is 86.0 cm³/mol. The Kier molecular flexibility index (Phi) is 6.02. The summed E-state index contributed by atoms with van der Waals surface area (Å²) >= 11 is 0. The van der Waals surface area contributed by atoms with Crippen molar-refractivity contribution in [3.05, 3.63) is 35.9 Å². The van der Waals surface area contributed by atoms with E-state index in [0.717, 1.165) is 6.54 Å². The van der Waals surface area contributed by atoms with Crippen molar-refractivity contribution in [2.75, 3.05) is 39.8 Å². The lowest BCUT2D eigenvalue weighted by Gasteiger charge is -2.34. The number of benzene rings is 1. The van der Waals surface area contributed by atoms with E-state index in [9.17, 15) is 0 Å². The highest BCUT2D eigenvalue weighted by Crippen LogP contribution is 2.22. The number of hydrogen-bond acceptors (Lipinski definition) is 3. The molecular weight excluding hydrogens is 246 g/mol. The first-order valence-electron chi connectivity index (χ1n) is 7.93. The number of likely N-dealkylation sites (N-methyl/N-ethyl adjacent to an activating group) is 2. The molecule has 2 rings (SSSR count). The zero-order valence-electron chi connectivity index (χ0n) is 13.2. The number of nitrogens with one attached hydrogen (secondary N) is 1. The molecule has 3 nitrogen and oxygen atoms in total. The number of rotatable bonds is 5. The zero-order chi connectivity index (χ0) is 14.4. The topological polar surface area (TPSA) is 18.5 Å². The summed E-state index contributed by atoms with van der Waals surface area (Å²) in [5.41, 5.74) is 1.40. The lowest BCUT2D eigenvalue weighted by molar-refractivity contribution is 0.175. The standard InChI is InChI=1S/C17H29N3/c1-4-18-17(16-9-6-5-7-10-16)15(2)20-12-8-11-19(3)13-14-20/h5-7,9-10,15,17-18H,4,8,11-14H2,1-3H3. The SMILES string of the molecule is CCNC(c1ccccc1)C(C)N1CCCN(C)CC1. The third-order valence-corrected chi connectivity index (χ3v) is 4.40. The zero-order valence-corrected chi connectivity index (χ0v) is 13.2. The molecular formula is C17H29N3. The van der Waals surface area contributed by atoms with Crippen LogP contribution in [0.3, 0.4) is 0 Å². The van der Waals surface area contributed by atoms with Crippen LogP contribution in [0, 0.1) is 0 Å². The summed E-state index contributed by atoms with van der Waals surface area (Å²) in [6.07, 6.45) is 1.27. The maximum absolute atomic E-state index is 3.67. The summed E-state index contributed by atoms with van der Waals surface area (Å²) in [7, 11) is 2.23. The van der Waals surface area contributed by atoms with Crippen LogP contribution in [-0.4, -0.2) is 55.6 Å². The summed E-state index contributed by atoms with van der Waals surface area (Å²) in [6.45, 7) is 10.4. The Bertz CT molecular complexity index is 379. The van der Waals surface area contributed by atoms with E-state index in [1.54, 1.807) is 0 Å². The highest BCUT2D eigenvalue weighted by atomic mass is 15.2. The van der Waals surface area contributed by atoms with Gasteiger partial charge in [-0.25, -0.2) is 0 Å². The molecule has 3 heteroatoms. The Morgan fingerprint density at radius 2 is 1.85 bits per heavy atom. The van der Waals surface area contributed by atoms with Crippen LogP contribution in [0.2, 0.25) is 0 Å². The smallest absolute Gasteiger partial charge is 0.0475 e. The van der Waals surface area contributed by atoms with Gasteiger partial charge in [-0.05, 0) is 45.6 Å². The molecule has 0 aromatic heterocycles. The fraction of sp³-hybridized carbons (Fsp3) is 0.647. The van der Waals surface area contributed by atoms with Crippen molar-refractivity contribution >= 4 is 0 Å². The molecule has 1 N–H and O–H groups in total. The van der Waals surface area contributed by atoms with Crippen molar-refractivity contribution in [2.45, 2.75) is 32.4 Å². The first kappa shape index (κ1) is 15.5. The predicted octanol–water partition coefficient (Wildman–Crippen LogP) is 2.36. The van der Waals surface area contributed by atoms with Crippen LogP contribution >= 0.6 is 0 Å². The van der Waals surface area contributed by atoms with Crippen LogP contribution in [0.15, 0.2) is 30.3 Å².